The Morgan fingerprint density at radius 3 is 2.63 bits per heavy atom. The minimum atomic E-state index is -1.30. The number of nitrogens with one attached hydrogen (secondary N) is 1. The van der Waals surface area contributed by atoms with Crippen LogP contribution in [0.5, 0.6) is 0 Å². The molecule has 0 aromatic heterocycles. The van der Waals surface area contributed by atoms with Crippen LogP contribution in [-0.2, 0) is 19.9 Å². The number of likely N-dealkylation sites (tertiary alicyclic amines) is 1. The van der Waals surface area contributed by atoms with E-state index >= 15 is 0 Å². The summed E-state index contributed by atoms with van der Waals surface area (Å²) in [4.78, 5) is 43.4. The predicted octanol–water partition coefficient (Wildman–Crippen LogP) is 1.85. The summed E-state index contributed by atoms with van der Waals surface area (Å²) >= 11 is 0. The molecule has 1 spiro atoms. The lowest BCUT2D eigenvalue weighted by Crippen LogP contribution is -2.56. The van der Waals surface area contributed by atoms with Crippen LogP contribution < -0.4 is 5.32 Å². The highest BCUT2D eigenvalue weighted by Crippen LogP contribution is 2.60. The molecule has 142 valence electrons. The Bertz CT molecular complexity index is 908. The van der Waals surface area contributed by atoms with E-state index < -0.39 is 28.7 Å². The molecule has 1 aromatic rings. The summed E-state index contributed by atoms with van der Waals surface area (Å²) in [5.41, 5.74) is -0.940. The number of hydrogen-bond acceptors (Lipinski definition) is 4. The van der Waals surface area contributed by atoms with E-state index in [2.05, 4.69) is 5.32 Å². The van der Waals surface area contributed by atoms with Crippen molar-refractivity contribution in [3.05, 3.63) is 29.6 Å². The molecule has 0 radical (unpaired) electrons. The van der Waals surface area contributed by atoms with Crippen LogP contribution in [0.3, 0.4) is 0 Å². The normalized spacial score (nSPS) is 35.0. The van der Waals surface area contributed by atoms with Gasteiger partial charge in [-0.05, 0) is 58.4 Å². The van der Waals surface area contributed by atoms with Crippen molar-refractivity contribution in [2.24, 2.45) is 11.8 Å². The van der Waals surface area contributed by atoms with Crippen molar-refractivity contribution in [2.75, 3.05) is 11.9 Å². The zero-order chi connectivity index (χ0) is 19.3. The van der Waals surface area contributed by atoms with E-state index in [1.165, 1.54) is 17.0 Å². The van der Waals surface area contributed by atoms with Crippen molar-refractivity contribution >= 4 is 23.4 Å². The number of carbonyl (C=O) groups is 3. The van der Waals surface area contributed by atoms with Crippen molar-refractivity contribution in [3.63, 3.8) is 0 Å². The molecule has 0 bridgehead atoms. The number of nitrogens with zero attached hydrogens (tertiary/aromatic N) is 2. The lowest BCUT2D eigenvalue weighted by atomic mass is 9.75. The Labute approximate surface area is 156 Å². The molecule has 27 heavy (non-hydrogen) atoms. The van der Waals surface area contributed by atoms with Gasteiger partial charge in [-0.1, -0.05) is 0 Å². The summed E-state index contributed by atoms with van der Waals surface area (Å²) < 4.78 is 14.1. The van der Waals surface area contributed by atoms with E-state index in [0.29, 0.717) is 17.8 Å². The molecule has 3 amide bonds. The van der Waals surface area contributed by atoms with Crippen LogP contribution in [0, 0.1) is 17.7 Å². The van der Waals surface area contributed by atoms with Gasteiger partial charge >= 0.3 is 0 Å². The van der Waals surface area contributed by atoms with Crippen molar-refractivity contribution in [2.45, 2.75) is 50.7 Å². The minimum absolute atomic E-state index is 0.168. The second kappa shape index (κ2) is 4.95. The van der Waals surface area contributed by atoms with E-state index in [1.807, 2.05) is 25.7 Å². The summed E-state index contributed by atoms with van der Waals surface area (Å²) in [5, 5.41) is 2.84. The fourth-order valence-electron chi connectivity index (χ4n) is 5.84. The maximum atomic E-state index is 14.1. The van der Waals surface area contributed by atoms with Gasteiger partial charge in [0.05, 0.1) is 11.8 Å². The molecule has 1 aromatic carbocycles. The van der Waals surface area contributed by atoms with Gasteiger partial charge in [0.15, 0.2) is 0 Å². The van der Waals surface area contributed by atoms with Crippen LogP contribution in [0.2, 0.25) is 0 Å². The Hall–Kier alpha value is -2.28. The van der Waals surface area contributed by atoms with Gasteiger partial charge in [-0.25, -0.2) is 4.39 Å². The molecule has 3 saturated heterocycles. The van der Waals surface area contributed by atoms with Gasteiger partial charge in [0.2, 0.25) is 17.7 Å². The average molecular weight is 371 g/mol. The van der Waals surface area contributed by atoms with E-state index in [9.17, 15) is 18.8 Å². The maximum Gasteiger partial charge on any atom is 0.250 e. The second-order valence-corrected chi connectivity index (χ2v) is 9.00. The van der Waals surface area contributed by atoms with Crippen LogP contribution in [-0.4, -0.2) is 45.6 Å². The monoisotopic (exact) mass is 371 g/mol. The van der Waals surface area contributed by atoms with Crippen molar-refractivity contribution in [3.8, 4) is 0 Å². The molecule has 0 saturated carbocycles. The Balaban J connectivity index is 1.77. The first-order valence-corrected chi connectivity index (χ1v) is 9.45. The zero-order valence-electron chi connectivity index (χ0n) is 15.6. The summed E-state index contributed by atoms with van der Waals surface area (Å²) in [6.45, 7) is 6.10. The molecular weight excluding hydrogens is 349 g/mol. The standard InChI is InChI=1S/C20H22FN3O3/c1-19(2,3)24-16(25)14-13-5-4-8-23(13)20(15(14)17(24)26)11-9-10(21)6-7-12(11)22-18(20)27/h6-7,9,13-15H,4-5,8H2,1-3H3,(H,22,27)/t13-,14+,15-,20+/m0/s1. The zero-order valence-corrected chi connectivity index (χ0v) is 15.6. The third kappa shape index (κ3) is 1.81. The van der Waals surface area contributed by atoms with E-state index in [1.54, 1.807) is 6.07 Å². The van der Waals surface area contributed by atoms with Crippen LogP contribution in [0.15, 0.2) is 18.2 Å². The molecule has 5 rings (SSSR count). The van der Waals surface area contributed by atoms with Gasteiger partial charge in [0.1, 0.15) is 11.4 Å². The molecule has 7 heteroatoms. The van der Waals surface area contributed by atoms with Crippen LogP contribution in [0.25, 0.3) is 0 Å². The highest BCUT2D eigenvalue weighted by molar-refractivity contribution is 6.15. The number of anilines is 1. The molecule has 6 nitrogen and oxygen atoms in total. The van der Waals surface area contributed by atoms with Crippen LogP contribution in [0.1, 0.15) is 39.2 Å². The molecule has 4 atom stereocenters. The SMILES string of the molecule is CC(C)(C)N1C(=O)[C@H]2[C@@H](C1=O)[C@]1(C(=O)Nc3ccc(F)cc31)N1CCC[C@@H]21. The average Bonchev–Trinajstić information content (AvgIpc) is 3.25. The molecular formula is C20H22FN3O3. The maximum absolute atomic E-state index is 14.1. The topological polar surface area (TPSA) is 69.7 Å². The number of halogens is 1. The van der Waals surface area contributed by atoms with Crippen molar-refractivity contribution < 1.29 is 18.8 Å². The number of carbonyl (C=O) groups excluding carboxylic acids is 3. The smallest absolute Gasteiger partial charge is 0.250 e. The van der Waals surface area contributed by atoms with E-state index in [4.69, 9.17) is 0 Å². The number of hydrogen-bond donors (Lipinski definition) is 1. The summed E-state index contributed by atoms with van der Waals surface area (Å²) in [6, 6.07) is 4.02. The number of benzene rings is 1. The number of imide groups is 1. The number of amides is 3. The second-order valence-electron chi connectivity index (χ2n) is 9.00. The van der Waals surface area contributed by atoms with Gasteiger partial charge in [0, 0.05) is 22.8 Å². The van der Waals surface area contributed by atoms with Crippen LogP contribution in [0.4, 0.5) is 10.1 Å². The first-order chi connectivity index (χ1) is 12.7. The number of fused-ring (bicyclic) bond motifs is 7. The third-order valence-electron chi connectivity index (χ3n) is 6.63. The summed E-state index contributed by atoms with van der Waals surface area (Å²) in [5.74, 6) is -2.66. The summed E-state index contributed by atoms with van der Waals surface area (Å²) in [6.07, 6.45) is 1.61. The first kappa shape index (κ1) is 16.9. The molecule has 4 heterocycles. The quantitative estimate of drug-likeness (QED) is 0.707. The number of rotatable bonds is 0. The predicted molar refractivity (Wildman–Crippen MR) is 95.0 cm³/mol. The lowest BCUT2D eigenvalue weighted by Gasteiger charge is -2.38. The highest BCUT2D eigenvalue weighted by Gasteiger charge is 2.75. The van der Waals surface area contributed by atoms with Gasteiger partial charge in [-0.3, -0.25) is 24.2 Å². The fourth-order valence-corrected chi connectivity index (χ4v) is 5.84. The minimum Gasteiger partial charge on any atom is -0.324 e. The highest BCUT2D eigenvalue weighted by atomic mass is 19.1. The van der Waals surface area contributed by atoms with Crippen molar-refractivity contribution in [1.82, 2.24) is 9.80 Å². The van der Waals surface area contributed by atoms with Crippen LogP contribution >= 0.6 is 0 Å². The molecule has 0 aliphatic carbocycles. The Morgan fingerprint density at radius 1 is 1.19 bits per heavy atom. The molecule has 0 unspecified atom stereocenters. The molecule has 4 aliphatic heterocycles. The van der Waals surface area contributed by atoms with E-state index in [-0.39, 0.29) is 23.8 Å². The Kier molecular flexibility index (Phi) is 3.09. The molecule has 1 N–H and O–H groups in total. The van der Waals surface area contributed by atoms with Gasteiger partial charge in [-0.2, -0.15) is 0 Å². The van der Waals surface area contributed by atoms with Crippen molar-refractivity contribution in [1.29, 1.82) is 0 Å². The molecule has 3 fully saturated rings. The molecule has 4 aliphatic rings. The fraction of sp³-hybridized carbons (Fsp3) is 0.550. The van der Waals surface area contributed by atoms with E-state index in [0.717, 1.165) is 12.8 Å². The lowest BCUT2D eigenvalue weighted by molar-refractivity contribution is -0.150. The van der Waals surface area contributed by atoms with Gasteiger partial charge < -0.3 is 5.32 Å². The largest absolute Gasteiger partial charge is 0.324 e. The van der Waals surface area contributed by atoms with Gasteiger partial charge in [-0.15, -0.1) is 0 Å². The Morgan fingerprint density at radius 2 is 1.93 bits per heavy atom. The van der Waals surface area contributed by atoms with Gasteiger partial charge in [0.25, 0.3) is 0 Å². The first-order valence-electron chi connectivity index (χ1n) is 9.45. The summed E-state index contributed by atoms with van der Waals surface area (Å²) in [7, 11) is 0. The third-order valence-corrected chi connectivity index (χ3v) is 6.63.